The molecule has 3 N–H and O–H groups in total. The highest BCUT2D eigenvalue weighted by Gasteiger charge is 2.58. The second-order valence-electron chi connectivity index (χ2n) is 8.29. The summed E-state index contributed by atoms with van der Waals surface area (Å²) in [4.78, 5) is 15.7. The van der Waals surface area contributed by atoms with Crippen molar-refractivity contribution in [1.29, 1.82) is 0 Å². The number of aryl methyl sites for hydroxylation is 1. The van der Waals surface area contributed by atoms with Gasteiger partial charge in [0, 0.05) is 33.9 Å². The van der Waals surface area contributed by atoms with Gasteiger partial charge in [-0.15, -0.1) is 0 Å². The maximum Gasteiger partial charge on any atom is 0.319 e. The molecule has 4 nitrogen and oxygen atoms in total. The van der Waals surface area contributed by atoms with Crippen LogP contribution in [0.1, 0.15) is 37.4 Å². The van der Waals surface area contributed by atoms with Crippen LogP contribution in [-0.4, -0.2) is 17.6 Å². The average molecular weight is 396 g/mol. The monoisotopic (exact) mass is 395 g/mol. The Kier molecular flexibility index (Phi) is 4.84. The SMILES string of the molecule is Cc1[nH]c2ccccc2c1[C@H]1[C@@H](CCNC(=O)Nc2ccc(Cl)cc2)C1(C)C. The Labute approximate surface area is 170 Å². The van der Waals surface area contributed by atoms with Crippen LogP contribution in [-0.2, 0) is 0 Å². The summed E-state index contributed by atoms with van der Waals surface area (Å²) >= 11 is 5.87. The minimum Gasteiger partial charge on any atom is -0.358 e. The topological polar surface area (TPSA) is 56.9 Å². The van der Waals surface area contributed by atoms with Crippen molar-refractivity contribution < 1.29 is 4.79 Å². The third-order valence-corrected chi connectivity index (χ3v) is 6.40. The van der Waals surface area contributed by atoms with E-state index in [0.29, 0.717) is 23.4 Å². The first-order chi connectivity index (χ1) is 13.4. The van der Waals surface area contributed by atoms with Crippen molar-refractivity contribution >= 4 is 34.2 Å². The molecule has 2 aromatic carbocycles. The Morgan fingerprint density at radius 2 is 1.86 bits per heavy atom. The van der Waals surface area contributed by atoms with Gasteiger partial charge in [-0.3, -0.25) is 0 Å². The molecule has 0 aliphatic heterocycles. The van der Waals surface area contributed by atoms with Crippen molar-refractivity contribution in [3.05, 3.63) is 64.8 Å². The molecule has 1 heterocycles. The molecule has 0 saturated heterocycles. The van der Waals surface area contributed by atoms with Crippen LogP contribution in [0, 0.1) is 18.3 Å². The number of H-pyrrole nitrogens is 1. The van der Waals surface area contributed by atoms with Crippen molar-refractivity contribution in [1.82, 2.24) is 10.3 Å². The zero-order valence-corrected chi connectivity index (χ0v) is 17.2. The normalized spacial score (nSPS) is 20.1. The minimum atomic E-state index is -0.180. The Balaban J connectivity index is 1.37. The third-order valence-electron chi connectivity index (χ3n) is 6.15. The number of anilines is 1. The van der Waals surface area contributed by atoms with Gasteiger partial charge in [-0.1, -0.05) is 43.6 Å². The van der Waals surface area contributed by atoms with E-state index in [2.05, 4.69) is 60.7 Å². The second kappa shape index (κ2) is 7.17. The molecular weight excluding hydrogens is 370 g/mol. The highest BCUT2D eigenvalue weighted by Crippen LogP contribution is 2.67. The lowest BCUT2D eigenvalue weighted by atomic mass is 10.0. The van der Waals surface area contributed by atoms with Crippen molar-refractivity contribution in [3.63, 3.8) is 0 Å². The fraction of sp³-hybridized carbons (Fsp3) is 0.348. The number of aromatic nitrogens is 1. The molecular formula is C23H26ClN3O. The number of aromatic amines is 1. The van der Waals surface area contributed by atoms with Gasteiger partial charge in [-0.25, -0.2) is 4.79 Å². The van der Waals surface area contributed by atoms with Crippen LogP contribution in [0.25, 0.3) is 10.9 Å². The molecule has 0 unspecified atom stereocenters. The summed E-state index contributed by atoms with van der Waals surface area (Å²) in [6.45, 7) is 7.48. The van der Waals surface area contributed by atoms with Crippen molar-refractivity contribution in [3.8, 4) is 0 Å². The summed E-state index contributed by atoms with van der Waals surface area (Å²) in [5.41, 5.74) is 4.88. The number of hydrogen-bond donors (Lipinski definition) is 3. The number of halogens is 1. The first-order valence-corrected chi connectivity index (χ1v) is 10.1. The van der Waals surface area contributed by atoms with E-state index in [0.717, 1.165) is 12.1 Å². The fourth-order valence-electron chi connectivity index (χ4n) is 4.60. The van der Waals surface area contributed by atoms with Crippen LogP contribution in [0.4, 0.5) is 10.5 Å². The summed E-state index contributed by atoms with van der Waals surface area (Å²) in [5.74, 6) is 1.08. The van der Waals surface area contributed by atoms with E-state index in [4.69, 9.17) is 11.6 Å². The molecule has 4 rings (SSSR count). The molecule has 1 aliphatic carbocycles. The third kappa shape index (κ3) is 3.49. The van der Waals surface area contributed by atoms with Gasteiger partial charge in [0.1, 0.15) is 0 Å². The number of para-hydroxylation sites is 1. The van der Waals surface area contributed by atoms with Gasteiger partial charge >= 0.3 is 6.03 Å². The molecule has 0 radical (unpaired) electrons. The summed E-state index contributed by atoms with van der Waals surface area (Å²) in [5, 5.41) is 7.81. The standard InChI is InChI=1S/C23H26ClN3O/c1-14-20(17-6-4-5-7-19(17)26-14)21-18(23(21,2)3)12-13-25-22(28)27-16-10-8-15(24)9-11-16/h4-11,18,21,26H,12-13H2,1-3H3,(H2,25,27,28)/t18-,21-/m1/s1. The molecule has 0 bridgehead atoms. The predicted molar refractivity (Wildman–Crippen MR) is 116 cm³/mol. The van der Waals surface area contributed by atoms with Gasteiger partial charge in [-0.05, 0) is 66.5 Å². The summed E-state index contributed by atoms with van der Waals surface area (Å²) < 4.78 is 0. The van der Waals surface area contributed by atoms with Crippen LogP contribution in [0.3, 0.4) is 0 Å². The molecule has 28 heavy (non-hydrogen) atoms. The van der Waals surface area contributed by atoms with Gasteiger partial charge < -0.3 is 15.6 Å². The van der Waals surface area contributed by atoms with E-state index in [1.165, 1.54) is 22.2 Å². The molecule has 1 aromatic heterocycles. The molecule has 1 aliphatic rings. The van der Waals surface area contributed by atoms with Crippen LogP contribution >= 0.6 is 11.6 Å². The van der Waals surface area contributed by atoms with Gasteiger partial charge in [0.2, 0.25) is 0 Å². The average Bonchev–Trinajstić information content (AvgIpc) is 3.02. The molecule has 2 atom stereocenters. The number of carbonyl (C=O) groups excluding carboxylic acids is 1. The second-order valence-corrected chi connectivity index (χ2v) is 8.73. The quantitative estimate of drug-likeness (QED) is 0.481. The van der Waals surface area contributed by atoms with E-state index in [1.807, 2.05) is 0 Å². The molecule has 5 heteroatoms. The van der Waals surface area contributed by atoms with Gasteiger partial charge in [-0.2, -0.15) is 0 Å². The lowest BCUT2D eigenvalue weighted by molar-refractivity contribution is 0.251. The van der Waals surface area contributed by atoms with Gasteiger partial charge in [0.25, 0.3) is 0 Å². The predicted octanol–water partition coefficient (Wildman–Crippen LogP) is 6.08. The zero-order valence-electron chi connectivity index (χ0n) is 16.5. The maximum atomic E-state index is 12.1. The van der Waals surface area contributed by atoms with Gasteiger partial charge in [0.05, 0.1) is 0 Å². The van der Waals surface area contributed by atoms with Gasteiger partial charge in [0.15, 0.2) is 0 Å². The number of amides is 2. The van der Waals surface area contributed by atoms with Crippen LogP contribution in [0.15, 0.2) is 48.5 Å². The van der Waals surface area contributed by atoms with Crippen LogP contribution in [0.2, 0.25) is 5.02 Å². The number of urea groups is 1. The van der Waals surface area contributed by atoms with E-state index in [-0.39, 0.29) is 11.4 Å². The maximum absolute atomic E-state index is 12.1. The number of nitrogens with one attached hydrogen (secondary N) is 3. The number of carbonyl (C=O) groups is 1. The Hall–Kier alpha value is -2.46. The van der Waals surface area contributed by atoms with Crippen LogP contribution in [0.5, 0.6) is 0 Å². The smallest absolute Gasteiger partial charge is 0.319 e. The molecule has 1 fully saturated rings. The highest BCUT2D eigenvalue weighted by molar-refractivity contribution is 6.30. The van der Waals surface area contributed by atoms with E-state index >= 15 is 0 Å². The van der Waals surface area contributed by atoms with E-state index in [9.17, 15) is 4.79 Å². The van der Waals surface area contributed by atoms with Crippen molar-refractivity contribution in [2.45, 2.75) is 33.1 Å². The lowest BCUT2D eigenvalue weighted by Crippen LogP contribution is -2.29. The fourth-order valence-corrected chi connectivity index (χ4v) is 4.73. The first-order valence-electron chi connectivity index (χ1n) is 9.75. The first kappa shape index (κ1) is 18.9. The number of fused-ring (bicyclic) bond motifs is 1. The molecule has 3 aromatic rings. The minimum absolute atomic E-state index is 0.180. The molecule has 0 spiro atoms. The number of rotatable bonds is 5. The number of hydrogen-bond acceptors (Lipinski definition) is 1. The largest absolute Gasteiger partial charge is 0.358 e. The number of benzene rings is 2. The Bertz CT molecular complexity index is 1010. The zero-order chi connectivity index (χ0) is 19.9. The van der Waals surface area contributed by atoms with Crippen molar-refractivity contribution in [2.24, 2.45) is 11.3 Å². The summed E-state index contributed by atoms with van der Waals surface area (Å²) in [7, 11) is 0. The molecule has 2 amide bonds. The highest BCUT2D eigenvalue weighted by atomic mass is 35.5. The Morgan fingerprint density at radius 3 is 2.61 bits per heavy atom. The van der Waals surface area contributed by atoms with E-state index in [1.54, 1.807) is 24.3 Å². The summed E-state index contributed by atoms with van der Waals surface area (Å²) in [6.07, 6.45) is 0.963. The molecule has 1 saturated carbocycles. The Morgan fingerprint density at radius 1 is 1.14 bits per heavy atom. The van der Waals surface area contributed by atoms with Crippen molar-refractivity contribution in [2.75, 3.05) is 11.9 Å². The summed E-state index contributed by atoms with van der Waals surface area (Å²) in [6, 6.07) is 15.4. The lowest BCUT2D eigenvalue weighted by Gasteiger charge is -2.08. The molecule has 146 valence electrons. The van der Waals surface area contributed by atoms with Crippen LogP contribution < -0.4 is 10.6 Å². The van der Waals surface area contributed by atoms with E-state index < -0.39 is 0 Å².